The number of carbonyl (C=O) groups excluding carboxylic acids is 2. The minimum Gasteiger partial charge on any atom is -0.352 e. The Hall–Kier alpha value is -3.77. The first-order chi connectivity index (χ1) is 20.4. The van der Waals surface area contributed by atoms with Crippen LogP contribution in [0.15, 0.2) is 53.0 Å². The molecule has 2 N–H and O–H groups in total. The highest BCUT2D eigenvalue weighted by molar-refractivity contribution is 9.10. The number of rotatable bonds is 8. The van der Waals surface area contributed by atoms with Gasteiger partial charge in [-0.1, -0.05) is 28.1 Å². The number of likely N-dealkylation sites (tertiary alicyclic amines) is 1. The van der Waals surface area contributed by atoms with Crippen LogP contribution in [0.25, 0.3) is 10.9 Å². The lowest BCUT2D eigenvalue weighted by atomic mass is 10.1. The maximum absolute atomic E-state index is 13.6. The molecule has 0 bridgehead atoms. The van der Waals surface area contributed by atoms with Crippen LogP contribution in [0.2, 0.25) is 0 Å². The van der Waals surface area contributed by atoms with Crippen LogP contribution in [-0.2, 0) is 12.7 Å². The Morgan fingerprint density at radius 1 is 1.07 bits per heavy atom. The summed E-state index contributed by atoms with van der Waals surface area (Å²) in [6.45, 7) is 5.60. The van der Waals surface area contributed by atoms with Crippen LogP contribution >= 0.6 is 15.9 Å². The number of alkyl halides is 3. The van der Waals surface area contributed by atoms with Crippen LogP contribution < -0.4 is 10.6 Å². The lowest BCUT2D eigenvalue weighted by Crippen LogP contribution is -2.31. The van der Waals surface area contributed by atoms with Crippen molar-refractivity contribution < 1.29 is 22.8 Å². The first kappa shape index (κ1) is 30.7. The predicted octanol–water partition coefficient (Wildman–Crippen LogP) is 6.34. The Labute approximate surface area is 255 Å². The Kier molecular flexibility index (Phi) is 8.89. The highest BCUT2D eigenvalue weighted by Crippen LogP contribution is 2.33. The van der Waals surface area contributed by atoms with Crippen molar-refractivity contribution in [3.63, 3.8) is 0 Å². The van der Waals surface area contributed by atoms with Crippen LogP contribution in [0, 0.1) is 13.8 Å². The summed E-state index contributed by atoms with van der Waals surface area (Å²) in [4.78, 5) is 32.0. The molecule has 5 rings (SSSR count). The lowest BCUT2D eigenvalue weighted by Gasteiger charge is -2.19. The van der Waals surface area contributed by atoms with Gasteiger partial charge < -0.3 is 15.5 Å². The molecule has 226 valence electrons. The molecule has 1 aliphatic heterocycles. The number of carbonyl (C=O) groups is 2. The molecule has 8 nitrogen and oxygen atoms in total. The van der Waals surface area contributed by atoms with E-state index in [9.17, 15) is 22.8 Å². The number of amides is 2. The molecule has 2 aromatic carbocycles. The second-order valence-corrected chi connectivity index (χ2v) is 11.8. The predicted molar refractivity (Wildman–Crippen MR) is 162 cm³/mol. The molecule has 2 aromatic heterocycles. The summed E-state index contributed by atoms with van der Waals surface area (Å²) < 4.78 is 43.0. The number of benzene rings is 2. The molecule has 1 fully saturated rings. The molecule has 12 heteroatoms. The minimum absolute atomic E-state index is 0.0610. The maximum atomic E-state index is 13.6. The van der Waals surface area contributed by atoms with Gasteiger partial charge in [0.15, 0.2) is 0 Å². The lowest BCUT2D eigenvalue weighted by molar-refractivity contribution is -0.141. The number of hydrogen-bond donors (Lipinski definition) is 2. The second kappa shape index (κ2) is 12.5. The van der Waals surface area contributed by atoms with Crippen molar-refractivity contribution in [3.05, 3.63) is 86.8 Å². The van der Waals surface area contributed by atoms with E-state index in [1.807, 2.05) is 12.1 Å². The van der Waals surface area contributed by atoms with Gasteiger partial charge in [0.25, 0.3) is 11.8 Å². The molecule has 0 radical (unpaired) electrons. The van der Waals surface area contributed by atoms with Gasteiger partial charge in [-0.05, 0) is 88.7 Å². The molecule has 1 unspecified atom stereocenters. The number of aryl methyl sites for hydroxylation is 1. The molecule has 0 saturated carbocycles. The Balaban J connectivity index is 1.28. The standard InChI is InChI=1S/C31H32BrF3N6O2/c1-18-28(38-30(43)25-16-27(31(33,34)35)37-26-11-10-22(32)15-24(25)26)19(2)41(39-18)17-20-6-8-21(9-7-20)29(42)36-13-12-23-5-4-14-40(23)3/h6-11,15-16,23H,4-5,12-14,17H2,1-3H3,(H,36,42)(H,38,43). The van der Waals surface area contributed by atoms with Crippen LogP contribution in [0.3, 0.4) is 0 Å². The van der Waals surface area contributed by atoms with Crippen LogP contribution in [0.1, 0.15) is 62.6 Å². The van der Waals surface area contributed by atoms with Crippen molar-refractivity contribution in [1.29, 1.82) is 0 Å². The second-order valence-electron chi connectivity index (χ2n) is 10.9. The summed E-state index contributed by atoms with van der Waals surface area (Å²) >= 11 is 3.32. The molecule has 3 heterocycles. The van der Waals surface area contributed by atoms with Crippen molar-refractivity contribution in [2.24, 2.45) is 0 Å². The smallest absolute Gasteiger partial charge is 0.352 e. The van der Waals surface area contributed by atoms with E-state index >= 15 is 0 Å². The van der Waals surface area contributed by atoms with Gasteiger partial charge in [0.1, 0.15) is 5.69 Å². The highest BCUT2D eigenvalue weighted by Gasteiger charge is 2.34. The molecule has 0 aliphatic carbocycles. The van der Waals surface area contributed by atoms with E-state index in [4.69, 9.17) is 0 Å². The Morgan fingerprint density at radius 2 is 1.81 bits per heavy atom. The minimum atomic E-state index is -4.71. The third-order valence-electron chi connectivity index (χ3n) is 7.91. The monoisotopic (exact) mass is 656 g/mol. The Bertz CT molecular complexity index is 1670. The topological polar surface area (TPSA) is 92.2 Å². The molecule has 43 heavy (non-hydrogen) atoms. The van der Waals surface area contributed by atoms with Gasteiger partial charge in [-0.2, -0.15) is 18.3 Å². The summed E-state index contributed by atoms with van der Waals surface area (Å²) in [6.07, 6.45) is -1.43. The maximum Gasteiger partial charge on any atom is 0.433 e. The van der Waals surface area contributed by atoms with Crippen molar-refractivity contribution >= 4 is 44.3 Å². The molecular weight excluding hydrogens is 625 g/mol. The number of anilines is 1. The van der Waals surface area contributed by atoms with Gasteiger partial charge in [-0.3, -0.25) is 14.3 Å². The van der Waals surface area contributed by atoms with Crippen LogP contribution in [0.5, 0.6) is 0 Å². The number of nitrogens with zero attached hydrogens (tertiary/aromatic N) is 4. The van der Waals surface area contributed by atoms with E-state index in [1.54, 1.807) is 42.8 Å². The van der Waals surface area contributed by atoms with Crippen molar-refractivity contribution in [2.45, 2.75) is 51.9 Å². The van der Waals surface area contributed by atoms with Crippen molar-refractivity contribution in [1.82, 2.24) is 25.0 Å². The van der Waals surface area contributed by atoms with Gasteiger partial charge in [0.2, 0.25) is 0 Å². The SMILES string of the molecule is Cc1nn(Cc2ccc(C(=O)NCCC3CCCN3C)cc2)c(C)c1NC(=O)c1cc(C(F)(F)F)nc2ccc(Br)cc12. The number of pyridine rings is 1. The molecule has 1 aliphatic rings. The number of aromatic nitrogens is 3. The zero-order valence-corrected chi connectivity index (χ0v) is 25.6. The fourth-order valence-corrected chi connectivity index (χ4v) is 5.84. The van der Waals surface area contributed by atoms with Gasteiger partial charge in [0.05, 0.1) is 34.7 Å². The van der Waals surface area contributed by atoms with Gasteiger partial charge in [-0.15, -0.1) is 0 Å². The van der Waals surface area contributed by atoms with Crippen LogP contribution in [-0.4, -0.2) is 57.7 Å². The van der Waals surface area contributed by atoms with E-state index in [0.717, 1.165) is 31.0 Å². The fraction of sp³-hybridized carbons (Fsp3) is 0.355. The van der Waals surface area contributed by atoms with Crippen molar-refractivity contribution in [2.75, 3.05) is 25.5 Å². The van der Waals surface area contributed by atoms with Crippen molar-refractivity contribution in [3.8, 4) is 0 Å². The molecule has 4 aromatic rings. The number of nitrogens with one attached hydrogen (secondary N) is 2. The molecular formula is C31H32BrF3N6O2. The van der Waals surface area contributed by atoms with E-state index in [1.165, 1.54) is 12.5 Å². The van der Waals surface area contributed by atoms with Gasteiger partial charge >= 0.3 is 6.18 Å². The summed E-state index contributed by atoms with van der Waals surface area (Å²) in [5, 5.41) is 10.6. The summed E-state index contributed by atoms with van der Waals surface area (Å²) in [5.74, 6) is -0.815. The largest absolute Gasteiger partial charge is 0.433 e. The molecule has 1 atom stereocenters. The molecule has 0 spiro atoms. The van der Waals surface area contributed by atoms with Crippen LogP contribution in [0.4, 0.5) is 18.9 Å². The first-order valence-electron chi connectivity index (χ1n) is 14.0. The zero-order chi connectivity index (χ0) is 30.9. The third kappa shape index (κ3) is 6.91. The number of halogens is 4. The van der Waals surface area contributed by atoms with E-state index < -0.39 is 17.8 Å². The average Bonchev–Trinajstić information content (AvgIpc) is 3.49. The summed E-state index contributed by atoms with van der Waals surface area (Å²) in [6, 6.07) is 13.1. The zero-order valence-electron chi connectivity index (χ0n) is 24.1. The average molecular weight is 658 g/mol. The van der Waals surface area contributed by atoms with E-state index in [0.29, 0.717) is 46.2 Å². The molecule has 1 saturated heterocycles. The summed E-state index contributed by atoms with van der Waals surface area (Å²) in [7, 11) is 2.12. The van der Waals surface area contributed by atoms with Gasteiger partial charge in [-0.25, -0.2) is 4.98 Å². The Morgan fingerprint density at radius 3 is 2.49 bits per heavy atom. The number of fused-ring (bicyclic) bond motifs is 1. The quantitative estimate of drug-likeness (QED) is 0.231. The molecule has 2 amide bonds. The third-order valence-corrected chi connectivity index (χ3v) is 8.40. The summed E-state index contributed by atoms with van der Waals surface area (Å²) in [5.41, 5.74) is 1.81. The number of hydrogen-bond acceptors (Lipinski definition) is 5. The van der Waals surface area contributed by atoms with E-state index in [2.05, 4.69) is 48.6 Å². The van der Waals surface area contributed by atoms with E-state index in [-0.39, 0.29) is 22.4 Å². The first-order valence-corrected chi connectivity index (χ1v) is 14.8. The normalized spacial score (nSPS) is 15.7. The highest BCUT2D eigenvalue weighted by atomic mass is 79.9. The van der Waals surface area contributed by atoms with Gasteiger partial charge in [0, 0.05) is 28.0 Å². The fourth-order valence-electron chi connectivity index (χ4n) is 5.48.